The molecule has 1 aromatic carbocycles. The van der Waals surface area contributed by atoms with E-state index in [-0.39, 0.29) is 11.9 Å². The number of benzene rings is 1. The lowest BCUT2D eigenvalue weighted by molar-refractivity contribution is -0.144. The van der Waals surface area contributed by atoms with Crippen molar-refractivity contribution in [3.63, 3.8) is 0 Å². The molecule has 2 aliphatic heterocycles. The van der Waals surface area contributed by atoms with Crippen LogP contribution in [-0.2, 0) is 9.53 Å². The number of rotatable bonds is 3. The molecule has 0 radical (unpaired) electrons. The fraction of sp³-hybridized carbons (Fsp3) is 0.556. The van der Waals surface area contributed by atoms with Crippen molar-refractivity contribution in [2.75, 3.05) is 32.8 Å². The molecule has 6 nitrogen and oxygen atoms in total. The number of carboxylic acid groups (broad SMARTS) is 1. The third-order valence-electron chi connectivity index (χ3n) is 4.98. The molecule has 130 valence electrons. The highest BCUT2D eigenvalue weighted by Crippen LogP contribution is 2.25. The van der Waals surface area contributed by atoms with Crippen LogP contribution in [0.15, 0.2) is 24.3 Å². The number of hydrogen-bond acceptors (Lipinski definition) is 4. The van der Waals surface area contributed by atoms with Crippen LogP contribution in [-0.4, -0.2) is 71.7 Å². The van der Waals surface area contributed by atoms with E-state index in [1.807, 2.05) is 19.1 Å². The molecule has 0 spiro atoms. The first-order valence-corrected chi connectivity index (χ1v) is 8.48. The lowest BCUT2D eigenvalue weighted by Gasteiger charge is -2.43. The van der Waals surface area contributed by atoms with Crippen LogP contribution in [0.3, 0.4) is 0 Å². The molecule has 1 aromatic rings. The number of hydrogen-bond donors (Lipinski definition) is 1. The number of carbonyl (C=O) groups excluding carboxylic acids is 1. The van der Waals surface area contributed by atoms with Gasteiger partial charge in [0.05, 0.1) is 13.2 Å². The Hall–Kier alpha value is -1.92. The molecule has 2 unspecified atom stereocenters. The first kappa shape index (κ1) is 16.9. The zero-order valence-electron chi connectivity index (χ0n) is 14.0. The van der Waals surface area contributed by atoms with Gasteiger partial charge in [-0.25, -0.2) is 4.79 Å². The predicted octanol–water partition coefficient (Wildman–Crippen LogP) is 1.39. The van der Waals surface area contributed by atoms with Crippen molar-refractivity contribution < 1.29 is 19.4 Å². The zero-order chi connectivity index (χ0) is 17.1. The Bertz CT molecular complexity index is 596. The van der Waals surface area contributed by atoms with E-state index >= 15 is 0 Å². The maximum atomic E-state index is 12.7. The number of aryl methyl sites for hydroxylation is 1. The van der Waals surface area contributed by atoms with Gasteiger partial charge in [0, 0.05) is 31.2 Å². The van der Waals surface area contributed by atoms with Gasteiger partial charge in [0.2, 0.25) is 0 Å². The Morgan fingerprint density at radius 2 is 1.79 bits per heavy atom. The fourth-order valence-corrected chi connectivity index (χ4v) is 3.56. The van der Waals surface area contributed by atoms with Gasteiger partial charge in [0.25, 0.3) is 5.91 Å². The second-order valence-corrected chi connectivity index (χ2v) is 6.55. The van der Waals surface area contributed by atoms with E-state index in [2.05, 4.69) is 4.90 Å². The molecule has 24 heavy (non-hydrogen) atoms. The molecule has 3 rings (SSSR count). The Kier molecular flexibility index (Phi) is 5.16. The zero-order valence-corrected chi connectivity index (χ0v) is 14.0. The summed E-state index contributed by atoms with van der Waals surface area (Å²) in [6.45, 7) is 5.50. The highest BCUT2D eigenvalue weighted by Gasteiger charge is 2.38. The van der Waals surface area contributed by atoms with Gasteiger partial charge in [0.15, 0.2) is 0 Å². The van der Waals surface area contributed by atoms with Gasteiger partial charge in [-0.05, 0) is 31.9 Å². The fourth-order valence-electron chi connectivity index (χ4n) is 3.56. The third-order valence-corrected chi connectivity index (χ3v) is 4.98. The highest BCUT2D eigenvalue weighted by atomic mass is 16.5. The van der Waals surface area contributed by atoms with Gasteiger partial charge >= 0.3 is 5.97 Å². The lowest BCUT2D eigenvalue weighted by atomic mass is 9.94. The third kappa shape index (κ3) is 3.60. The average molecular weight is 332 g/mol. The second kappa shape index (κ2) is 7.32. The maximum absolute atomic E-state index is 12.7. The van der Waals surface area contributed by atoms with Crippen LogP contribution in [0.25, 0.3) is 0 Å². The normalized spacial score (nSPS) is 25.5. The summed E-state index contributed by atoms with van der Waals surface area (Å²) < 4.78 is 5.37. The number of piperidine rings is 1. The van der Waals surface area contributed by atoms with E-state index in [0.717, 1.165) is 25.1 Å². The van der Waals surface area contributed by atoms with Crippen LogP contribution in [0, 0.1) is 6.92 Å². The van der Waals surface area contributed by atoms with Gasteiger partial charge < -0.3 is 14.7 Å². The Balaban J connectivity index is 1.72. The van der Waals surface area contributed by atoms with Gasteiger partial charge in [-0.15, -0.1) is 0 Å². The second-order valence-electron chi connectivity index (χ2n) is 6.55. The molecule has 0 saturated carbocycles. The summed E-state index contributed by atoms with van der Waals surface area (Å²) in [5.41, 5.74) is 1.63. The number of ether oxygens (including phenoxy) is 1. The summed E-state index contributed by atoms with van der Waals surface area (Å²) >= 11 is 0. The van der Waals surface area contributed by atoms with Crippen molar-refractivity contribution in [3.05, 3.63) is 35.4 Å². The van der Waals surface area contributed by atoms with Crippen LogP contribution in [0.5, 0.6) is 0 Å². The van der Waals surface area contributed by atoms with E-state index in [1.54, 1.807) is 12.1 Å². The number of carboxylic acids is 1. The van der Waals surface area contributed by atoms with Gasteiger partial charge in [0.1, 0.15) is 6.04 Å². The van der Waals surface area contributed by atoms with Crippen molar-refractivity contribution in [2.24, 2.45) is 0 Å². The Morgan fingerprint density at radius 1 is 1.12 bits per heavy atom. The number of amides is 1. The topological polar surface area (TPSA) is 70.1 Å². The van der Waals surface area contributed by atoms with E-state index in [0.29, 0.717) is 31.7 Å². The summed E-state index contributed by atoms with van der Waals surface area (Å²) in [5.74, 6) is -1.11. The molecular formula is C18H24N2O4. The van der Waals surface area contributed by atoms with E-state index in [1.165, 1.54) is 4.90 Å². The molecular weight excluding hydrogens is 308 g/mol. The molecule has 0 aliphatic carbocycles. The van der Waals surface area contributed by atoms with E-state index in [9.17, 15) is 14.7 Å². The highest BCUT2D eigenvalue weighted by molar-refractivity contribution is 5.96. The minimum Gasteiger partial charge on any atom is -0.480 e. The van der Waals surface area contributed by atoms with Crippen molar-refractivity contribution >= 4 is 11.9 Å². The molecule has 2 fully saturated rings. The first-order chi connectivity index (χ1) is 11.6. The molecule has 1 amide bonds. The van der Waals surface area contributed by atoms with Crippen molar-refractivity contribution in [3.8, 4) is 0 Å². The summed E-state index contributed by atoms with van der Waals surface area (Å²) in [7, 11) is 0. The molecule has 2 aliphatic rings. The standard InChI is InChI=1S/C18H24N2O4/c1-13-2-4-14(5-3-13)17(21)20-7-6-15(12-16(20)18(22)23)19-8-10-24-11-9-19/h2-5,15-16H,6-12H2,1H3,(H,22,23). The number of carbonyl (C=O) groups is 2. The van der Waals surface area contributed by atoms with E-state index in [4.69, 9.17) is 4.74 Å². The van der Waals surface area contributed by atoms with Crippen LogP contribution in [0.2, 0.25) is 0 Å². The van der Waals surface area contributed by atoms with E-state index < -0.39 is 12.0 Å². The summed E-state index contributed by atoms with van der Waals surface area (Å²) in [6.07, 6.45) is 1.29. The predicted molar refractivity (Wildman–Crippen MR) is 89.1 cm³/mol. The number of aliphatic carboxylic acids is 1. The SMILES string of the molecule is Cc1ccc(C(=O)N2CCC(N3CCOCC3)CC2C(=O)O)cc1. The molecule has 2 heterocycles. The number of likely N-dealkylation sites (tertiary alicyclic amines) is 1. The van der Waals surface area contributed by atoms with Crippen molar-refractivity contribution in [1.29, 1.82) is 0 Å². The molecule has 0 bridgehead atoms. The van der Waals surface area contributed by atoms with Crippen LogP contribution < -0.4 is 0 Å². The van der Waals surface area contributed by atoms with Crippen LogP contribution >= 0.6 is 0 Å². The van der Waals surface area contributed by atoms with Crippen LogP contribution in [0.1, 0.15) is 28.8 Å². The van der Waals surface area contributed by atoms with Crippen molar-refractivity contribution in [2.45, 2.75) is 31.8 Å². The molecule has 2 saturated heterocycles. The lowest BCUT2D eigenvalue weighted by Crippen LogP contribution is -2.56. The minimum absolute atomic E-state index is 0.192. The quantitative estimate of drug-likeness (QED) is 0.906. The largest absolute Gasteiger partial charge is 0.480 e. The molecule has 2 atom stereocenters. The maximum Gasteiger partial charge on any atom is 0.326 e. The van der Waals surface area contributed by atoms with Crippen molar-refractivity contribution in [1.82, 2.24) is 9.80 Å². The average Bonchev–Trinajstić information content (AvgIpc) is 2.62. The minimum atomic E-state index is -0.923. The Labute approximate surface area is 142 Å². The molecule has 6 heteroatoms. The summed E-state index contributed by atoms with van der Waals surface area (Å²) in [4.78, 5) is 28.3. The van der Waals surface area contributed by atoms with Gasteiger partial charge in [-0.3, -0.25) is 9.69 Å². The molecule has 0 aromatic heterocycles. The number of morpholine rings is 1. The summed E-state index contributed by atoms with van der Waals surface area (Å²) in [6, 6.07) is 6.74. The smallest absolute Gasteiger partial charge is 0.326 e. The monoisotopic (exact) mass is 332 g/mol. The van der Waals surface area contributed by atoms with Gasteiger partial charge in [-0.2, -0.15) is 0 Å². The van der Waals surface area contributed by atoms with Gasteiger partial charge in [-0.1, -0.05) is 17.7 Å². The first-order valence-electron chi connectivity index (χ1n) is 8.48. The number of nitrogens with zero attached hydrogens (tertiary/aromatic N) is 2. The van der Waals surface area contributed by atoms with Crippen LogP contribution in [0.4, 0.5) is 0 Å². The molecule has 1 N–H and O–H groups in total. The Morgan fingerprint density at radius 3 is 2.42 bits per heavy atom. The summed E-state index contributed by atoms with van der Waals surface area (Å²) in [5, 5.41) is 9.63.